The molecular formula is C8H17NOS. The van der Waals surface area contributed by atoms with E-state index >= 15 is 0 Å². The van der Waals surface area contributed by atoms with E-state index in [-0.39, 0.29) is 5.60 Å². The maximum atomic E-state index is 5.68. The van der Waals surface area contributed by atoms with E-state index in [0.717, 1.165) is 18.8 Å². The summed E-state index contributed by atoms with van der Waals surface area (Å²) in [4.78, 5) is 0. The van der Waals surface area contributed by atoms with E-state index in [1.807, 2.05) is 18.7 Å². The smallest absolute Gasteiger partial charge is 0.0904 e. The van der Waals surface area contributed by atoms with Gasteiger partial charge in [-0.25, -0.2) is 0 Å². The molecule has 0 aromatic carbocycles. The molecule has 0 aromatic heterocycles. The van der Waals surface area contributed by atoms with Crippen LogP contribution >= 0.6 is 11.8 Å². The number of nitrogens with two attached hydrogens (primary N) is 1. The summed E-state index contributed by atoms with van der Waals surface area (Å²) in [5, 5.41) is 0.713. The van der Waals surface area contributed by atoms with Gasteiger partial charge in [0.25, 0.3) is 0 Å². The van der Waals surface area contributed by atoms with Crippen LogP contribution < -0.4 is 5.73 Å². The molecule has 0 aromatic rings. The molecule has 2 nitrogen and oxygen atoms in total. The second kappa shape index (κ2) is 3.78. The van der Waals surface area contributed by atoms with Crippen molar-refractivity contribution in [3.8, 4) is 0 Å². The fourth-order valence-corrected chi connectivity index (χ4v) is 2.87. The van der Waals surface area contributed by atoms with Crippen LogP contribution in [0, 0.1) is 0 Å². The molecule has 0 bridgehead atoms. The van der Waals surface area contributed by atoms with Crippen LogP contribution in [0.5, 0.6) is 0 Å². The molecule has 0 spiro atoms. The van der Waals surface area contributed by atoms with Gasteiger partial charge < -0.3 is 10.5 Å². The van der Waals surface area contributed by atoms with Gasteiger partial charge in [0.05, 0.1) is 5.60 Å². The first-order valence-corrected chi connectivity index (χ1v) is 5.23. The molecular weight excluding hydrogens is 158 g/mol. The predicted octanol–water partition coefficient (Wildman–Crippen LogP) is 1.25. The van der Waals surface area contributed by atoms with Crippen molar-refractivity contribution in [2.24, 2.45) is 5.73 Å². The number of rotatable bonds is 3. The van der Waals surface area contributed by atoms with E-state index in [2.05, 4.69) is 6.92 Å². The minimum atomic E-state index is -0.00116. The third-order valence-electron chi connectivity index (χ3n) is 2.11. The first kappa shape index (κ1) is 9.36. The topological polar surface area (TPSA) is 35.2 Å². The third kappa shape index (κ3) is 2.10. The molecule has 1 rings (SSSR count). The molecule has 0 amide bonds. The summed E-state index contributed by atoms with van der Waals surface area (Å²) in [6.07, 6.45) is 1.11. The highest BCUT2D eigenvalue weighted by molar-refractivity contribution is 8.00. The van der Waals surface area contributed by atoms with Crippen LogP contribution in [-0.4, -0.2) is 29.8 Å². The molecule has 3 heteroatoms. The lowest BCUT2D eigenvalue weighted by molar-refractivity contribution is -0.0140. The predicted molar refractivity (Wildman–Crippen MR) is 49.9 cm³/mol. The lowest BCUT2D eigenvalue weighted by Crippen LogP contribution is -2.41. The van der Waals surface area contributed by atoms with Gasteiger partial charge in [0.1, 0.15) is 0 Å². The Morgan fingerprint density at radius 2 is 2.45 bits per heavy atom. The highest BCUT2D eigenvalue weighted by atomic mass is 32.2. The standard InChI is InChI=1S/C8H17NOS/c1-3-10-8(5-9)4-7(2)11-6-8/h7H,3-6,9H2,1-2H3. The van der Waals surface area contributed by atoms with E-state index in [1.54, 1.807) is 0 Å². The van der Waals surface area contributed by atoms with Gasteiger partial charge in [-0.3, -0.25) is 0 Å². The molecule has 66 valence electrons. The zero-order chi connectivity index (χ0) is 8.32. The monoisotopic (exact) mass is 175 g/mol. The summed E-state index contributed by atoms with van der Waals surface area (Å²) in [6, 6.07) is 0. The van der Waals surface area contributed by atoms with E-state index in [9.17, 15) is 0 Å². The number of hydrogen-bond acceptors (Lipinski definition) is 3. The average molecular weight is 175 g/mol. The molecule has 1 heterocycles. The lowest BCUT2D eigenvalue weighted by atomic mass is 10.0. The van der Waals surface area contributed by atoms with E-state index in [0.29, 0.717) is 11.8 Å². The van der Waals surface area contributed by atoms with Gasteiger partial charge in [-0.05, 0) is 13.3 Å². The highest BCUT2D eigenvalue weighted by Gasteiger charge is 2.37. The Labute approximate surface area is 72.9 Å². The van der Waals surface area contributed by atoms with E-state index in [4.69, 9.17) is 10.5 Å². The molecule has 1 aliphatic rings. The Morgan fingerprint density at radius 1 is 1.73 bits per heavy atom. The molecule has 0 saturated carbocycles. The van der Waals surface area contributed by atoms with Crippen molar-refractivity contribution < 1.29 is 4.74 Å². The van der Waals surface area contributed by atoms with Crippen LogP contribution in [-0.2, 0) is 4.74 Å². The summed E-state index contributed by atoms with van der Waals surface area (Å²) >= 11 is 1.96. The van der Waals surface area contributed by atoms with Crippen LogP contribution in [0.2, 0.25) is 0 Å². The second-order valence-corrected chi connectivity index (χ2v) is 4.57. The molecule has 2 N–H and O–H groups in total. The normalized spacial score (nSPS) is 37.9. The zero-order valence-corrected chi connectivity index (χ0v) is 8.12. The Bertz CT molecular complexity index is 127. The van der Waals surface area contributed by atoms with Crippen molar-refractivity contribution in [1.29, 1.82) is 0 Å². The molecule has 1 aliphatic heterocycles. The maximum Gasteiger partial charge on any atom is 0.0904 e. The van der Waals surface area contributed by atoms with Crippen molar-refractivity contribution in [1.82, 2.24) is 0 Å². The first-order chi connectivity index (χ1) is 5.22. The fraction of sp³-hybridized carbons (Fsp3) is 1.00. The zero-order valence-electron chi connectivity index (χ0n) is 7.30. The molecule has 2 atom stereocenters. The van der Waals surface area contributed by atoms with Crippen molar-refractivity contribution in [2.45, 2.75) is 31.1 Å². The summed E-state index contributed by atoms with van der Waals surface area (Å²) in [6.45, 7) is 5.72. The van der Waals surface area contributed by atoms with E-state index < -0.39 is 0 Å². The third-order valence-corrected chi connectivity index (χ3v) is 3.54. The average Bonchev–Trinajstić information content (AvgIpc) is 2.34. The van der Waals surface area contributed by atoms with Crippen molar-refractivity contribution in [2.75, 3.05) is 18.9 Å². The lowest BCUT2D eigenvalue weighted by Gasteiger charge is -2.26. The largest absolute Gasteiger partial charge is 0.373 e. The number of thioether (sulfide) groups is 1. The molecule has 0 aliphatic carbocycles. The van der Waals surface area contributed by atoms with Gasteiger partial charge in [0.15, 0.2) is 0 Å². The summed E-state index contributed by atoms with van der Waals surface area (Å²) in [5.74, 6) is 1.07. The SMILES string of the molecule is CCOC1(CN)CSC(C)C1. The maximum absolute atomic E-state index is 5.68. The van der Waals surface area contributed by atoms with Gasteiger partial charge in [-0.15, -0.1) is 0 Å². The quantitative estimate of drug-likeness (QED) is 0.701. The molecule has 1 fully saturated rings. The van der Waals surface area contributed by atoms with E-state index in [1.165, 1.54) is 0 Å². The summed E-state index contributed by atoms with van der Waals surface area (Å²) in [7, 11) is 0. The van der Waals surface area contributed by atoms with Gasteiger partial charge in [0.2, 0.25) is 0 Å². The van der Waals surface area contributed by atoms with Crippen molar-refractivity contribution in [3.63, 3.8) is 0 Å². The summed E-state index contributed by atoms with van der Waals surface area (Å²) < 4.78 is 5.66. The number of hydrogen-bond donors (Lipinski definition) is 1. The van der Waals surface area contributed by atoms with Crippen LogP contribution in [0.3, 0.4) is 0 Å². The van der Waals surface area contributed by atoms with Crippen LogP contribution in [0.15, 0.2) is 0 Å². The Balaban J connectivity index is 2.48. The minimum absolute atomic E-state index is 0.00116. The molecule has 11 heavy (non-hydrogen) atoms. The number of ether oxygens (including phenoxy) is 1. The Hall–Kier alpha value is 0.270. The minimum Gasteiger partial charge on any atom is -0.373 e. The second-order valence-electron chi connectivity index (χ2n) is 3.15. The van der Waals surface area contributed by atoms with Crippen molar-refractivity contribution in [3.05, 3.63) is 0 Å². The van der Waals surface area contributed by atoms with Gasteiger partial charge in [-0.2, -0.15) is 11.8 Å². The Morgan fingerprint density at radius 3 is 2.82 bits per heavy atom. The Kier molecular flexibility index (Phi) is 3.22. The van der Waals surface area contributed by atoms with Gasteiger partial charge >= 0.3 is 0 Å². The van der Waals surface area contributed by atoms with Gasteiger partial charge in [0, 0.05) is 24.2 Å². The fourth-order valence-electron chi connectivity index (χ4n) is 1.54. The van der Waals surface area contributed by atoms with Crippen LogP contribution in [0.1, 0.15) is 20.3 Å². The van der Waals surface area contributed by atoms with Gasteiger partial charge in [-0.1, -0.05) is 6.92 Å². The molecule has 2 unspecified atom stereocenters. The highest BCUT2D eigenvalue weighted by Crippen LogP contribution is 2.36. The molecule has 0 radical (unpaired) electrons. The first-order valence-electron chi connectivity index (χ1n) is 4.18. The molecule has 1 saturated heterocycles. The van der Waals surface area contributed by atoms with Crippen LogP contribution in [0.25, 0.3) is 0 Å². The van der Waals surface area contributed by atoms with Crippen LogP contribution in [0.4, 0.5) is 0 Å². The van der Waals surface area contributed by atoms with Crippen molar-refractivity contribution >= 4 is 11.8 Å². The summed E-state index contributed by atoms with van der Waals surface area (Å²) in [5.41, 5.74) is 5.68.